The topological polar surface area (TPSA) is 35.6 Å². The molecule has 6 heteroatoms. The van der Waals surface area contributed by atoms with Crippen LogP contribution in [0.25, 0.3) is 0 Å². The van der Waals surface area contributed by atoms with Gasteiger partial charge in [-0.15, -0.1) is 24.8 Å². The normalized spacial score (nSPS) is 29.1. The molecule has 0 bridgehead atoms. The van der Waals surface area contributed by atoms with E-state index in [1.54, 1.807) is 0 Å². The fourth-order valence-corrected chi connectivity index (χ4v) is 4.37. The van der Waals surface area contributed by atoms with E-state index in [1.165, 1.54) is 12.8 Å². The fraction of sp³-hybridized carbons (Fsp3) is 0.938. The van der Waals surface area contributed by atoms with Crippen LogP contribution in [0.1, 0.15) is 39.5 Å². The lowest BCUT2D eigenvalue weighted by atomic mass is 9.91. The van der Waals surface area contributed by atoms with Crippen molar-refractivity contribution in [2.45, 2.75) is 45.6 Å². The van der Waals surface area contributed by atoms with Crippen molar-refractivity contribution >= 4 is 30.7 Å². The number of halogens is 2. The average molecular weight is 352 g/mol. The van der Waals surface area contributed by atoms with Crippen LogP contribution in [-0.4, -0.2) is 61.0 Å². The van der Waals surface area contributed by atoms with Gasteiger partial charge in [0.15, 0.2) is 0 Å². The highest BCUT2D eigenvalue weighted by molar-refractivity contribution is 5.85. The molecule has 1 spiro atoms. The maximum absolute atomic E-state index is 12.7. The Hall–Kier alpha value is -0.0300. The highest BCUT2D eigenvalue weighted by atomic mass is 35.5. The van der Waals surface area contributed by atoms with E-state index in [0.717, 1.165) is 52.1 Å². The fourth-order valence-electron chi connectivity index (χ4n) is 4.37. The van der Waals surface area contributed by atoms with Crippen LogP contribution < -0.4 is 5.32 Å². The van der Waals surface area contributed by atoms with Crippen molar-refractivity contribution in [2.24, 2.45) is 11.3 Å². The number of rotatable bonds is 4. The minimum absolute atomic E-state index is 0. The summed E-state index contributed by atoms with van der Waals surface area (Å²) in [5.74, 6) is 0.807. The first kappa shape index (κ1) is 20.0. The summed E-state index contributed by atoms with van der Waals surface area (Å²) in [6, 6.07) is 0.594. The Labute approximate surface area is 147 Å². The molecule has 130 valence electrons. The predicted octanol–water partition coefficient (Wildman–Crippen LogP) is 2.16. The van der Waals surface area contributed by atoms with Crippen LogP contribution in [0.4, 0.5) is 0 Å². The molecule has 22 heavy (non-hydrogen) atoms. The first-order valence-corrected chi connectivity index (χ1v) is 8.43. The van der Waals surface area contributed by atoms with E-state index < -0.39 is 0 Å². The van der Waals surface area contributed by atoms with E-state index >= 15 is 0 Å². The van der Waals surface area contributed by atoms with Crippen molar-refractivity contribution in [3.8, 4) is 0 Å². The lowest BCUT2D eigenvalue weighted by Crippen LogP contribution is -2.40. The van der Waals surface area contributed by atoms with Crippen LogP contribution in [0.3, 0.4) is 0 Å². The summed E-state index contributed by atoms with van der Waals surface area (Å²) in [5.41, 5.74) is 0.385. The molecule has 0 radical (unpaired) electrons. The summed E-state index contributed by atoms with van der Waals surface area (Å²) >= 11 is 0. The molecule has 2 heterocycles. The van der Waals surface area contributed by atoms with Gasteiger partial charge in [0.1, 0.15) is 0 Å². The van der Waals surface area contributed by atoms with Gasteiger partial charge < -0.3 is 10.2 Å². The van der Waals surface area contributed by atoms with Crippen molar-refractivity contribution in [2.75, 3.05) is 39.3 Å². The Bertz CT molecular complexity index is 370. The molecule has 4 nitrogen and oxygen atoms in total. The van der Waals surface area contributed by atoms with E-state index in [4.69, 9.17) is 0 Å². The third kappa shape index (κ3) is 3.72. The van der Waals surface area contributed by atoms with E-state index in [-0.39, 0.29) is 24.8 Å². The number of nitrogens with one attached hydrogen (secondary N) is 1. The number of piperidine rings is 1. The Morgan fingerprint density at radius 2 is 1.86 bits per heavy atom. The van der Waals surface area contributed by atoms with Gasteiger partial charge in [-0.1, -0.05) is 13.8 Å². The number of likely N-dealkylation sites (tertiary alicyclic amines) is 1. The molecule has 0 aromatic rings. The van der Waals surface area contributed by atoms with Crippen molar-refractivity contribution < 1.29 is 4.79 Å². The van der Waals surface area contributed by atoms with Crippen molar-refractivity contribution in [1.82, 2.24) is 15.1 Å². The number of nitrogens with zero attached hydrogens (tertiary/aromatic N) is 2. The Kier molecular flexibility index (Phi) is 7.44. The number of likely N-dealkylation sites (N-methyl/N-ethyl adjacent to an activating group) is 1. The number of amides is 1. The van der Waals surface area contributed by atoms with Gasteiger partial charge in [0.25, 0.3) is 0 Å². The molecular formula is C16H31Cl2N3O. The number of carbonyl (C=O) groups excluding carboxylic acids is 1. The summed E-state index contributed by atoms with van der Waals surface area (Å²) < 4.78 is 0. The first-order chi connectivity index (χ1) is 9.70. The van der Waals surface area contributed by atoms with E-state index in [9.17, 15) is 4.79 Å². The smallest absolute Gasteiger partial charge is 0.226 e. The molecule has 2 aliphatic heterocycles. The van der Waals surface area contributed by atoms with Gasteiger partial charge in [0.2, 0.25) is 5.91 Å². The van der Waals surface area contributed by atoms with Crippen molar-refractivity contribution in [3.05, 3.63) is 0 Å². The zero-order chi connectivity index (χ0) is 14.2. The van der Waals surface area contributed by atoms with Gasteiger partial charge in [-0.3, -0.25) is 9.69 Å². The molecule has 0 aromatic carbocycles. The lowest BCUT2D eigenvalue weighted by molar-refractivity contribution is -0.132. The quantitative estimate of drug-likeness (QED) is 0.842. The van der Waals surface area contributed by atoms with E-state index in [2.05, 4.69) is 29.0 Å². The Morgan fingerprint density at radius 3 is 2.45 bits per heavy atom. The third-order valence-corrected chi connectivity index (χ3v) is 5.89. The van der Waals surface area contributed by atoms with E-state index in [1.807, 2.05) is 0 Å². The molecule has 1 N–H and O–H groups in total. The number of carbonyl (C=O) groups is 1. The SMILES string of the molecule is CCN(CC)C1CCN(C(=O)C2CC23CCNCC3)C1.Cl.Cl. The van der Waals surface area contributed by atoms with E-state index in [0.29, 0.717) is 23.3 Å². The molecule has 2 saturated heterocycles. The Balaban J connectivity index is 0.00000121. The molecule has 1 amide bonds. The number of hydrogen-bond donors (Lipinski definition) is 1. The van der Waals surface area contributed by atoms with Gasteiger partial charge >= 0.3 is 0 Å². The summed E-state index contributed by atoms with van der Waals surface area (Å²) in [7, 11) is 0. The standard InChI is InChI=1S/C16H29N3O.2ClH/c1-3-18(4-2)13-5-10-19(12-13)15(20)14-11-16(14)6-8-17-9-7-16;;/h13-14,17H,3-12H2,1-2H3;2*1H. The Morgan fingerprint density at radius 1 is 1.23 bits per heavy atom. The summed E-state index contributed by atoms with van der Waals surface area (Å²) in [4.78, 5) is 17.4. The summed E-state index contributed by atoms with van der Waals surface area (Å²) in [6.45, 7) is 10.8. The third-order valence-electron chi connectivity index (χ3n) is 5.89. The molecule has 3 rings (SSSR count). The minimum Gasteiger partial charge on any atom is -0.341 e. The molecule has 2 atom stereocenters. The second kappa shape index (κ2) is 8.18. The maximum Gasteiger partial charge on any atom is 0.226 e. The van der Waals surface area contributed by atoms with Gasteiger partial charge in [-0.25, -0.2) is 0 Å². The zero-order valence-corrected chi connectivity index (χ0v) is 15.5. The van der Waals surface area contributed by atoms with Crippen LogP contribution in [0, 0.1) is 11.3 Å². The minimum atomic E-state index is 0. The molecule has 1 aliphatic carbocycles. The van der Waals surface area contributed by atoms with Gasteiger partial charge in [-0.2, -0.15) is 0 Å². The van der Waals surface area contributed by atoms with Gasteiger partial charge in [0.05, 0.1) is 0 Å². The highest BCUT2D eigenvalue weighted by Gasteiger charge is 2.58. The van der Waals surface area contributed by atoms with Crippen molar-refractivity contribution in [3.63, 3.8) is 0 Å². The van der Waals surface area contributed by atoms with Crippen LogP contribution in [0.5, 0.6) is 0 Å². The summed E-state index contributed by atoms with van der Waals surface area (Å²) in [6.07, 6.45) is 4.72. The molecular weight excluding hydrogens is 321 g/mol. The average Bonchev–Trinajstić information content (AvgIpc) is 2.95. The summed E-state index contributed by atoms with van der Waals surface area (Å²) in [5, 5.41) is 3.42. The van der Waals surface area contributed by atoms with Crippen molar-refractivity contribution in [1.29, 1.82) is 0 Å². The van der Waals surface area contributed by atoms with Crippen LogP contribution in [-0.2, 0) is 4.79 Å². The number of hydrogen-bond acceptors (Lipinski definition) is 3. The van der Waals surface area contributed by atoms with Gasteiger partial charge in [-0.05, 0) is 57.3 Å². The molecule has 3 fully saturated rings. The highest BCUT2D eigenvalue weighted by Crippen LogP contribution is 2.59. The zero-order valence-electron chi connectivity index (χ0n) is 13.8. The monoisotopic (exact) mass is 351 g/mol. The lowest BCUT2D eigenvalue weighted by Gasteiger charge is -2.27. The second-order valence-electron chi connectivity index (χ2n) is 6.82. The van der Waals surface area contributed by atoms with Gasteiger partial charge in [0, 0.05) is 25.0 Å². The largest absolute Gasteiger partial charge is 0.341 e. The second-order valence-corrected chi connectivity index (χ2v) is 6.82. The van der Waals surface area contributed by atoms with Crippen LogP contribution in [0.2, 0.25) is 0 Å². The molecule has 1 saturated carbocycles. The molecule has 2 unspecified atom stereocenters. The van der Waals surface area contributed by atoms with Crippen LogP contribution >= 0.6 is 24.8 Å². The molecule has 0 aromatic heterocycles. The predicted molar refractivity (Wildman–Crippen MR) is 95.0 cm³/mol. The maximum atomic E-state index is 12.7. The molecule has 3 aliphatic rings. The first-order valence-electron chi connectivity index (χ1n) is 8.43. The van der Waals surface area contributed by atoms with Crippen LogP contribution in [0.15, 0.2) is 0 Å².